The molecule has 0 saturated carbocycles. The van der Waals surface area contributed by atoms with Crippen LogP contribution in [0, 0.1) is 23.3 Å². The number of carbonyl (C=O) groups excluding carboxylic acids is 1. The Morgan fingerprint density at radius 1 is 0.951 bits per heavy atom. The zero-order chi connectivity index (χ0) is 29.5. The Morgan fingerprint density at radius 3 is 2.37 bits per heavy atom. The normalized spacial score (nSPS) is 14.1. The summed E-state index contributed by atoms with van der Waals surface area (Å²) >= 11 is 3.53. The van der Waals surface area contributed by atoms with Gasteiger partial charge in [0.05, 0.1) is 42.8 Å². The molecule has 6 rings (SSSR count). The standard InChI is InChI=1S/C19H14F4N4O2.C9H10O.CH4S/c20-9-5-10(15(23)12(21)6-9)14-13(22)8-26-17-16(14)25-7-11(19(24)28)18(17)27-1-3-29-4-2-27;1-2-6-9-8(4-1)5-3-7-10-9;1-2/h5-8H,1-4H2,(H2,24,28);1-2,4,6H,3,5,7H2;2H,1H3. The first-order chi connectivity index (χ1) is 19.8. The third kappa shape index (κ3) is 6.54. The second-order valence-electron chi connectivity index (χ2n) is 8.97. The molecule has 0 bridgehead atoms. The summed E-state index contributed by atoms with van der Waals surface area (Å²) in [7, 11) is 0. The highest BCUT2D eigenvalue weighted by atomic mass is 32.1. The summed E-state index contributed by atoms with van der Waals surface area (Å²) in [4.78, 5) is 21.7. The summed E-state index contributed by atoms with van der Waals surface area (Å²) in [6.07, 6.45) is 5.94. The number of aryl methyl sites for hydroxylation is 1. The molecule has 4 aromatic rings. The van der Waals surface area contributed by atoms with Crippen molar-refractivity contribution >= 4 is 35.3 Å². The van der Waals surface area contributed by atoms with Crippen molar-refractivity contribution in [3.63, 3.8) is 0 Å². The number of rotatable bonds is 3. The minimum absolute atomic E-state index is 0.0374. The Labute approximate surface area is 239 Å². The molecule has 2 aliphatic heterocycles. The lowest BCUT2D eigenvalue weighted by atomic mass is 10.0. The van der Waals surface area contributed by atoms with Gasteiger partial charge >= 0.3 is 0 Å². The fourth-order valence-electron chi connectivity index (χ4n) is 4.67. The van der Waals surface area contributed by atoms with E-state index in [1.54, 1.807) is 11.2 Å². The number of fused-ring (bicyclic) bond motifs is 2. The molecule has 1 saturated heterocycles. The van der Waals surface area contributed by atoms with Crippen LogP contribution in [0.15, 0.2) is 48.8 Å². The number of amides is 1. The van der Waals surface area contributed by atoms with Crippen molar-refractivity contribution in [3.05, 3.63) is 83.2 Å². The molecule has 2 N–H and O–H groups in total. The van der Waals surface area contributed by atoms with E-state index in [4.69, 9.17) is 15.2 Å². The van der Waals surface area contributed by atoms with Crippen LogP contribution in [0.4, 0.5) is 23.2 Å². The molecule has 0 spiro atoms. The van der Waals surface area contributed by atoms with E-state index in [2.05, 4.69) is 34.7 Å². The van der Waals surface area contributed by atoms with Crippen LogP contribution in [0.25, 0.3) is 22.2 Å². The Kier molecular flexibility index (Phi) is 10.0. The number of anilines is 1. The van der Waals surface area contributed by atoms with Crippen molar-refractivity contribution in [2.75, 3.05) is 44.1 Å². The zero-order valence-electron chi connectivity index (χ0n) is 22.2. The molecular formula is C29H28F4N4O3S. The highest BCUT2D eigenvalue weighted by molar-refractivity contribution is 7.79. The highest BCUT2D eigenvalue weighted by Gasteiger charge is 2.26. The van der Waals surface area contributed by atoms with Gasteiger partial charge in [-0.3, -0.25) is 9.78 Å². The number of halogens is 4. The summed E-state index contributed by atoms with van der Waals surface area (Å²) in [5.74, 6) is -4.69. The van der Waals surface area contributed by atoms with Crippen molar-refractivity contribution < 1.29 is 31.8 Å². The molecule has 0 unspecified atom stereocenters. The van der Waals surface area contributed by atoms with Crippen molar-refractivity contribution in [1.29, 1.82) is 0 Å². The number of primary amides is 1. The Bertz CT molecular complexity index is 1530. The van der Waals surface area contributed by atoms with Crippen LogP contribution in [-0.4, -0.2) is 55.0 Å². The molecular weight excluding hydrogens is 560 g/mol. The minimum atomic E-state index is -1.47. The number of hydrogen-bond donors (Lipinski definition) is 2. The first kappa shape index (κ1) is 30.1. The fourth-order valence-corrected chi connectivity index (χ4v) is 4.67. The fraction of sp³-hybridized carbons (Fsp3) is 0.276. The molecule has 2 aliphatic rings. The molecule has 2 aromatic carbocycles. The maximum absolute atomic E-state index is 14.6. The number of hydrogen-bond acceptors (Lipinski definition) is 7. The molecule has 41 heavy (non-hydrogen) atoms. The monoisotopic (exact) mass is 588 g/mol. The predicted molar refractivity (Wildman–Crippen MR) is 152 cm³/mol. The molecule has 2 aromatic heterocycles. The number of morpholine rings is 1. The number of carbonyl (C=O) groups is 1. The summed E-state index contributed by atoms with van der Waals surface area (Å²) in [5, 5.41) is 0. The van der Waals surface area contributed by atoms with Gasteiger partial charge in [0, 0.05) is 30.9 Å². The summed E-state index contributed by atoms with van der Waals surface area (Å²) < 4.78 is 67.2. The van der Waals surface area contributed by atoms with E-state index in [9.17, 15) is 22.4 Å². The van der Waals surface area contributed by atoms with Gasteiger partial charge in [0.2, 0.25) is 0 Å². The number of aromatic nitrogens is 2. The van der Waals surface area contributed by atoms with Crippen molar-refractivity contribution in [2.45, 2.75) is 12.8 Å². The molecule has 0 radical (unpaired) electrons. The van der Waals surface area contributed by atoms with E-state index < -0.39 is 40.3 Å². The number of benzene rings is 2. The van der Waals surface area contributed by atoms with Crippen LogP contribution in [0.3, 0.4) is 0 Å². The molecule has 216 valence electrons. The van der Waals surface area contributed by atoms with Crippen LogP contribution in [0.5, 0.6) is 5.75 Å². The van der Waals surface area contributed by atoms with Gasteiger partial charge in [-0.25, -0.2) is 22.5 Å². The first-order valence-electron chi connectivity index (χ1n) is 12.7. The van der Waals surface area contributed by atoms with Gasteiger partial charge in [-0.05, 0) is 36.8 Å². The average Bonchev–Trinajstić information content (AvgIpc) is 3.00. The van der Waals surface area contributed by atoms with E-state index in [-0.39, 0.29) is 22.3 Å². The summed E-state index contributed by atoms with van der Waals surface area (Å²) in [5.41, 5.74) is 5.94. The molecule has 0 aliphatic carbocycles. The van der Waals surface area contributed by atoms with E-state index >= 15 is 0 Å². The van der Waals surface area contributed by atoms with E-state index in [0.717, 1.165) is 31.2 Å². The quantitative estimate of drug-likeness (QED) is 0.191. The van der Waals surface area contributed by atoms with Gasteiger partial charge in [-0.1, -0.05) is 18.2 Å². The second-order valence-corrected chi connectivity index (χ2v) is 8.97. The predicted octanol–water partition coefficient (Wildman–Crippen LogP) is 5.35. The number of nitrogens with zero attached hydrogens (tertiary/aromatic N) is 3. The maximum atomic E-state index is 14.6. The maximum Gasteiger partial charge on any atom is 0.252 e. The number of pyridine rings is 2. The van der Waals surface area contributed by atoms with E-state index in [1.165, 1.54) is 12.0 Å². The lowest BCUT2D eigenvalue weighted by molar-refractivity contribution is 0.0998. The third-order valence-electron chi connectivity index (χ3n) is 6.48. The minimum Gasteiger partial charge on any atom is -0.493 e. The first-order valence-corrected chi connectivity index (χ1v) is 13.6. The Morgan fingerprint density at radius 2 is 1.66 bits per heavy atom. The van der Waals surface area contributed by atoms with Crippen LogP contribution >= 0.6 is 12.6 Å². The van der Waals surface area contributed by atoms with Crippen LogP contribution in [0.2, 0.25) is 0 Å². The summed E-state index contributed by atoms with van der Waals surface area (Å²) in [6.45, 7) is 2.43. The van der Waals surface area contributed by atoms with Gasteiger partial charge in [0.25, 0.3) is 5.91 Å². The SMILES string of the molecule is CS.NC(=O)c1cnc2c(-c3cc(F)cc(F)c3F)c(F)cnc2c1N1CCOCC1.c1ccc2c(c1)CCCO2. The largest absolute Gasteiger partial charge is 0.493 e. The summed E-state index contributed by atoms with van der Waals surface area (Å²) in [6, 6.07) is 9.28. The van der Waals surface area contributed by atoms with Gasteiger partial charge in [0.1, 0.15) is 22.6 Å². The highest BCUT2D eigenvalue weighted by Crippen LogP contribution is 2.37. The molecule has 7 nitrogen and oxygen atoms in total. The van der Waals surface area contributed by atoms with Crippen molar-refractivity contribution in [2.24, 2.45) is 5.73 Å². The molecule has 0 atom stereocenters. The number of nitrogens with two attached hydrogens (primary N) is 1. The van der Waals surface area contributed by atoms with Crippen molar-refractivity contribution in [3.8, 4) is 16.9 Å². The van der Waals surface area contributed by atoms with Crippen LogP contribution < -0.4 is 15.4 Å². The van der Waals surface area contributed by atoms with Crippen LogP contribution in [-0.2, 0) is 11.2 Å². The smallest absolute Gasteiger partial charge is 0.252 e. The van der Waals surface area contributed by atoms with Gasteiger partial charge in [-0.2, -0.15) is 12.6 Å². The molecule has 1 fully saturated rings. The zero-order valence-corrected chi connectivity index (χ0v) is 23.1. The molecule has 12 heteroatoms. The third-order valence-corrected chi connectivity index (χ3v) is 6.48. The van der Waals surface area contributed by atoms with E-state index in [1.807, 2.05) is 12.1 Å². The number of para-hydroxylation sites is 1. The van der Waals surface area contributed by atoms with Crippen molar-refractivity contribution in [1.82, 2.24) is 9.97 Å². The van der Waals surface area contributed by atoms with Gasteiger partial charge < -0.3 is 20.1 Å². The molecule has 4 heterocycles. The lowest BCUT2D eigenvalue weighted by Crippen LogP contribution is -2.37. The van der Waals surface area contributed by atoms with Gasteiger partial charge in [-0.15, -0.1) is 0 Å². The molecule has 1 amide bonds. The van der Waals surface area contributed by atoms with E-state index in [0.29, 0.717) is 38.4 Å². The Balaban J connectivity index is 0.000000268. The van der Waals surface area contributed by atoms with Gasteiger partial charge in [0.15, 0.2) is 17.5 Å². The van der Waals surface area contributed by atoms with Crippen LogP contribution in [0.1, 0.15) is 22.3 Å². The number of thiol groups is 1. The topological polar surface area (TPSA) is 90.6 Å². The average molecular weight is 589 g/mol. The second kappa shape index (κ2) is 13.6. The lowest BCUT2D eigenvalue weighted by Gasteiger charge is -2.30. The number of ether oxygens (including phenoxy) is 2. The Hall–Kier alpha value is -3.90.